The molecule has 1 spiro atoms. The number of ether oxygens (including phenoxy) is 1. The molecule has 22 heavy (non-hydrogen) atoms. The van der Waals surface area contributed by atoms with E-state index in [9.17, 15) is 20.1 Å². The molecular formula is C10H17N7O5. The van der Waals surface area contributed by atoms with Crippen LogP contribution in [-0.4, -0.2) is 81.0 Å². The number of primary amides is 1. The van der Waals surface area contributed by atoms with E-state index in [0.717, 1.165) is 0 Å². The van der Waals surface area contributed by atoms with Gasteiger partial charge < -0.3 is 47.5 Å². The Morgan fingerprint density at radius 1 is 1.45 bits per heavy atom. The van der Waals surface area contributed by atoms with E-state index in [4.69, 9.17) is 21.9 Å². The molecule has 0 aliphatic carbocycles. The molecule has 3 aliphatic rings. The van der Waals surface area contributed by atoms with Crippen molar-refractivity contribution in [3.63, 3.8) is 0 Å². The van der Waals surface area contributed by atoms with Gasteiger partial charge in [-0.25, -0.2) is 14.8 Å². The van der Waals surface area contributed by atoms with Crippen LogP contribution in [0.25, 0.3) is 0 Å². The minimum atomic E-state index is -2.60. The predicted molar refractivity (Wildman–Crippen MR) is 72.1 cm³/mol. The second-order valence-corrected chi connectivity index (χ2v) is 5.39. The van der Waals surface area contributed by atoms with E-state index < -0.39 is 35.7 Å². The molecule has 3 aliphatic heterocycles. The van der Waals surface area contributed by atoms with Gasteiger partial charge in [-0.1, -0.05) is 0 Å². The number of aliphatic hydroxyl groups is 3. The van der Waals surface area contributed by atoms with E-state index in [1.807, 2.05) is 0 Å². The van der Waals surface area contributed by atoms with Crippen molar-refractivity contribution >= 4 is 18.0 Å². The number of guanidine groups is 2. The number of nitrogens with two attached hydrogens (primary N) is 3. The van der Waals surface area contributed by atoms with Crippen LogP contribution in [0, 0.1) is 0 Å². The maximum atomic E-state index is 10.8. The number of amides is 1. The van der Waals surface area contributed by atoms with Crippen LogP contribution in [0.3, 0.4) is 0 Å². The van der Waals surface area contributed by atoms with Crippen LogP contribution < -0.4 is 22.5 Å². The third kappa shape index (κ3) is 1.65. The average molecular weight is 315 g/mol. The molecule has 0 radical (unpaired) electrons. The normalized spacial score (nSPS) is 38.5. The molecule has 1 saturated heterocycles. The van der Waals surface area contributed by atoms with E-state index in [0.29, 0.717) is 0 Å². The summed E-state index contributed by atoms with van der Waals surface area (Å²) in [5, 5.41) is 33.4. The first-order valence-electron chi connectivity index (χ1n) is 6.47. The molecule has 0 saturated carbocycles. The molecule has 4 atom stereocenters. The van der Waals surface area contributed by atoms with Crippen LogP contribution >= 0.6 is 0 Å². The van der Waals surface area contributed by atoms with Crippen molar-refractivity contribution in [1.82, 2.24) is 10.2 Å². The van der Waals surface area contributed by atoms with Crippen molar-refractivity contribution in [2.24, 2.45) is 27.2 Å². The van der Waals surface area contributed by atoms with Gasteiger partial charge in [0.15, 0.2) is 17.6 Å². The van der Waals surface area contributed by atoms with Gasteiger partial charge in [-0.2, -0.15) is 0 Å². The van der Waals surface area contributed by atoms with Crippen LogP contribution in [0.1, 0.15) is 0 Å². The number of nitrogens with one attached hydrogen (secondary N) is 1. The van der Waals surface area contributed by atoms with E-state index in [1.165, 1.54) is 4.90 Å². The molecule has 3 heterocycles. The Labute approximate surface area is 124 Å². The number of aliphatic hydroxyl groups excluding tert-OH is 1. The quantitative estimate of drug-likeness (QED) is 0.243. The van der Waals surface area contributed by atoms with Crippen molar-refractivity contribution in [3.8, 4) is 0 Å². The Bertz CT molecular complexity index is 578. The molecule has 3 rings (SSSR count). The summed E-state index contributed by atoms with van der Waals surface area (Å²) in [7, 11) is 0. The van der Waals surface area contributed by atoms with Crippen molar-refractivity contribution in [2.45, 2.75) is 29.6 Å². The Hall–Kier alpha value is -2.31. The minimum Gasteiger partial charge on any atom is -0.447 e. The van der Waals surface area contributed by atoms with Gasteiger partial charge in [0.2, 0.25) is 5.79 Å². The van der Waals surface area contributed by atoms with E-state index >= 15 is 0 Å². The number of aliphatic imine (C=N–C) groups is 2. The van der Waals surface area contributed by atoms with E-state index in [1.54, 1.807) is 0 Å². The third-order valence-electron chi connectivity index (χ3n) is 4.17. The number of carbonyl (C=O) groups is 1. The Balaban J connectivity index is 2.04. The SMILES string of the molecule is NC(=O)OC[C@@H]1N=C(N)N2CC(O)C(O)(O)C23NC(N)=NC13. The van der Waals surface area contributed by atoms with Crippen LogP contribution in [0.5, 0.6) is 0 Å². The molecule has 122 valence electrons. The minimum absolute atomic E-state index is 0.0734. The van der Waals surface area contributed by atoms with Crippen LogP contribution in [0.2, 0.25) is 0 Å². The van der Waals surface area contributed by atoms with Crippen LogP contribution in [-0.2, 0) is 4.74 Å². The van der Waals surface area contributed by atoms with E-state index in [2.05, 4.69) is 15.3 Å². The molecular weight excluding hydrogens is 298 g/mol. The zero-order valence-electron chi connectivity index (χ0n) is 11.4. The van der Waals surface area contributed by atoms with Gasteiger partial charge in [-0.05, 0) is 0 Å². The summed E-state index contributed by atoms with van der Waals surface area (Å²) in [6.07, 6.45) is -2.55. The summed E-state index contributed by atoms with van der Waals surface area (Å²) >= 11 is 0. The zero-order valence-corrected chi connectivity index (χ0v) is 11.4. The standard InChI is InChI=1S/C10H17N7O5/c11-6-15-5-3(2-22-8(13)19)14-7(12)17-1-4(18)10(20,21)9(5,17)16-6/h3-5,18,20-21H,1-2H2,(H2,12,14)(H2,13,19)(H3,11,15,16)/t3-,4?,5?,9?/m0/s1. The largest absolute Gasteiger partial charge is 0.447 e. The lowest BCUT2D eigenvalue weighted by Gasteiger charge is -2.48. The topological polar surface area (TPSA) is 205 Å². The zero-order chi connectivity index (χ0) is 16.3. The van der Waals surface area contributed by atoms with Gasteiger partial charge in [-0.15, -0.1) is 0 Å². The highest BCUT2D eigenvalue weighted by Gasteiger charge is 2.73. The Kier molecular flexibility index (Phi) is 2.89. The summed E-state index contributed by atoms with van der Waals surface area (Å²) in [6.45, 7) is -0.459. The molecule has 0 bridgehead atoms. The first-order valence-corrected chi connectivity index (χ1v) is 6.47. The molecule has 0 aromatic carbocycles. The lowest BCUT2D eigenvalue weighted by atomic mass is 9.86. The number of carbonyl (C=O) groups excluding carboxylic acids is 1. The fourth-order valence-corrected chi connectivity index (χ4v) is 3.22. The highest BCUT2D eigenvalue weighted by atomic mass is 16.5. The fraction of sp³-hybridized carbons (Fsp3) is 0.700. The first kappa shape index (κ1) is 14.6. The summed E-state index contributed by atoms with van der Waals surface area (Å²) in [4.78, 5) is 20.3. The van der Waals surface area contributed by atoms with Gasteiger partial charge in [0.05, 0.1) is 6.54 Å². The number of nitrogens with zero attached hydrogens (tertiary/aromatic N) is 3. The number of hydrogen-bond acceptors (Lipinski definition) is 11. The van der Waals surface area contributed by atoms with Crippen LogP contribution in [0.15, 0.2) is 9.98 Å². The highest BCUT2D eigenvalue weighted by Crippen LogP contribution is 2.44. The third-order valence-corrected chi connectivity index (χ3v) is 4.17. The number of rotatable bonds is 2. The molecule has 12 heteroatoms. The second-order valence-electron chi connectivity index (χ2n) is 5.39. The number of hydrogen-bond donors (Lipinski definition) is 7. The lowest BCUT2D eigenvalue weighted by Crippen LogP contribution is -2.77. The first-order chi connectivity index (χ1) is 10.2. The summed E-state index contributed by atoms with van der Waals surface area (Å²) in [5.41, 5.74) is 14.7. The molecule has 10 N–H and O–H groups in total. The van der Waals surface area contributed by atoms with Crippen LogP contribution in [0.4, 0.5) is 4.79 Å². The summed E-state index contributed by atoms with van der Waals surface area (Å²) in [5.74, 6) is -2.75. The van der Waals surface area contributed by atoms with Gasteiger partial charge in [0.1, 0.15) is 24.8 Å². The lowest BCUT2D eigenvalue weighted by molar-refractivity contribution is -0.257. The van der Waals surface area contributed by atoms with Crippen molar-refractivity contribution in [1.29, 1.82) is 0 Å². The molecule has 0 aromatic rings. The van der Waals surface area contributed by atoms with Crippen molar-refractivity contribution < 1.29 is 24.9 Å². The highest BCUT2D eigenvalue weighted by molar-refractivity contribution is 5.87. The molecule has 3 unspecified atom stereocenters. The summed E-state index contributed by atoms with van der Waals surface area (Å²) in [6, 6.07) is -1.80. The van der Waals surface area contributed by atoms with Crippen molar-refractivity contribution in [3.05, 3.63) is 0 Å². The maximum absolute atomic E-state index is 10.8. The smallest absolute Gasteiger partial charge is 0.404 e. The van der Waals surface area contributed by atoms with Gasteiger partial charge in [0.25, 0.3) is 0 Å². The fourth-order valence-electron chi connectivity index (χ4n) is 3.22. The predicted octanol–water partition coefficient (Wildman–Crippen LogP) is -4.88. The molecule has 0 aromatic heterocycles. The summed E-state index contributed by atoms with van der Waals surface area (Å²) < 4.78 is 4.71. The van der Waals surface area contributed by atoms with Gasteiger partial charge in [-0.3, -0.25) is 0 Å². The monoisotopic (exact) mass is 315 g/mol. The second kappa shape index (κ2) is 4.34. The molecule has 1 fully saturated rings. The van der Waals surface area contributed by atoms with Gasteiger partial charge in [0, 0.05) is 0 Å². The maximum Gasteiger partial charge on any atom is 0.404 e. The van der Waals surface area contributed by atoms with Crippen molar-refractivity contribution in [2.75, 3.05) is 13.2 Å². The average Bonchev–Trinajstić information content (AvgIpc) is 2.86. The van der Waals surface area contributed by atoms with Gasteiger partial charge >= 0.3 is 6.09 Å². The van der Waals surface area contributed by atoms with E-state index in [-0.39, 0.29) is 25.1 Å². The Morgan fingerprint density at radius 3 is 2.77 bits per heavy atom. The molecule has 12 nitrogen and oxygen atoms in total. The molecule has 1 amide bonds. The Morgan fingerprint density at radius 2 is 2.14 bits per heavy atom.